The van der Waals surface area contributed by atoms with Crippen molar-refractivity contribution in [1.82, 2.24) is 9.97 Å². The van der Waals surface area contributed by atoms with E-state index in [2.05, 4.69) is 29.1 Å². The van der Waals surface area contributed by atoms with Gasteiger partial charge in [0.25, 0.3) is 5.91 Å². The molecule has 0 aliphatic rings. The highest BCUT2D eigenvalue weighted by Gasteiger charge is 2.12. The van der Waals surface area contributed by atoms with Gasteiger partial charge in [-0.2, -0.15) is 0 Å². The summed E-state index contributed by atoms with van der Waals surface area (Å²) in [4.78, 5) is 19.9. The molecule has 1 heterocycles. The minimum absolute atomic E-state index is 0.324. The van der Waals surface area contributed by atoms with Crippen LogP contribution >= 0.6 is 0 Å². The van der Waals surface area contributed by atoms with E-state index >= 15 is 0 Å². The number of nitrogens with zero attached hydrogens (tertiary/aromatic N) is 2. The summed E-state index contributed by atoms with van der Waals surface area (Å²) in [5.41, 5.74) is 6.40. The number of unbranched alkanes of at least 4 members (excludes halogenated alkanes) is 1. The highest BCUT2D eigenvalue weighted by molar-refractivity contribution is 6.06. The van der Waals surface area contributed by atoms with Crippen LogP contribution in [0, 0.1) is 0 Å². The monoisotopic (exact) mass is 272 g/mol. The second kappa shape index (κ2) is 6.32. The van der Waals surface area contributed by atoms with E-state index < -0.39 is 5.91 Å². The largest absolute Gasteiger partial charge is 0.367 e. The van der Waals surface area contributed by atoms with E-state index in [0.717, 1.165) is 17.6 Å². The zero-order valence-electron chi connectivity index (χ0n) is 11.9. The van der Waals surface area contributed by atoms with Crippen molar-refractivity contribution in [3.05, 3.63) is 30.1 Å². The van der Waals surface area contributed by atoms with Gasteiger partial charge in [-0.25, -0.2) is 9.97 Å². The van der Waals surface area contributed by atoms with Crippen LogP contribution in [0.2, 0.25) is 0 Å². The number of primary amides is 1. The number of carbonyl (C=O) groups is 1. The number of anilines is 1. The van der Waals surface area contributed by atoms with Crippen molar-refractivity contribution in [2.45, 2.75) is 39.2 Å². The first-order chi connectivity index (χ1) is 9.63. The van der Waals surface area contributed by atoms with Crippen molar-refractivity contribution < 1.29 is 4.79 Å². The third-order valence-electron chi connectivity index (χ3n) is 3.30. The number of nitrogens with one attached hydrogen (secondary N) is 1. The maximum atomic E-state index is 11.4. The average Bonchev–Trinajstić information content (AvgIpc) is 2.44. The van der Waals surface area contributed by atoms with Crippen molar-refractivity contribution in [3.8, 4) is 0 Å². The minimum Gasteiger partial charge on any atom is -0.367 e. The third-order valence-corrected chi connectivity index (χ3v) is 3.30. The number of benzene rings is 1. The van der Waals surface area contributed by atoms with Crippen LogP contribution in [0.5, 0.6) is 0 Å². The van der Waals surface area contributed by atoms with Crippen LogP contribution in [0.3, 0.4) is 0 Å². The van der Waals surface area contributed by atoms with Crippen molar-refractivity contribution in [1.29, 1.82) is 0 Å². The third kappa shape index (κ3) is 3.04. The Balaban J connectivity index is 2.35. The molecule has 0 saturated heterocycles. The van der Waals surface area contributed by atoms with Crippen LogP contribution in [0.15, 0.2) is 24.5 Å². The Morgan fingerprint density at radius 1 is 1.40 bits per heavy atom. The van der Waals surface area contributed by atoms with Gasteiger partial charge in [0.15, 0.2) is 0 Å². The van der Waals surface area contributed by atoms with Crippen molar-refractivity contribution >= 4 is 22.6 Å². The number of carbonyl (C=O) groups excluding carboxylic acids is 1. The van der Waals surface area contributed by atoms with E-state index in [1.807, 2.05) is 6.07 Å². The van der Waals surface area contributed by atoms with Crippen molar-refractivity contribution in [2.75, 3.05) is 5.32 Å². The molecule has 20 heavy (non-hydrogen) atoms. The molecule has 0 radical (unpaired) electrons. The van der Waals surface area contributed by atoms with Crippen LogP contribution in [-0.2, 0) is 0 Å². The van der Waals surface area contributed by atoms with Gasteiger partial charge < -0.3 is 11.1 Å². The number of aromatic nitrogens is 2. The quantitative estimate of drug-likeness (QED) is 0.847. The van der Waals surface area contributed by atoms with Crippen LogP contribution < -0.4 is 11.1 Å². The molecule has 0 spiro atoms. The Kier molecular flexibility index (Phi) is 4.50. The lowest BCUT2D eigenvalue weighted by Crippen LogP contribution is -2.17. The number of nitrogens with two attached hydrogens (primary N) is 1. The van der Waals surface area contributed by atoms with E-state index in [1.54, 1.807) is 12.1 Å². The van der Waals surface area contributed by atoms with Gasteiger partial charge in [0, 0.05) is 11.4 Å². The Bertz CT molecular complexity index is 612. The fraction of sp³-hybridized carbons (Fsp3) is 0.400. The number of hydrogen-bond acceptors (Lipinski definition) is 4. The van der Waals surface area contributed by atoms with E-state index in [1.165, 1.54) is 19.2 Å². The molecule has 2 rings (SSSR count). The van der Waals surface area contributed by atoms with E-state index in [4.69, 9.17) is 5.73 Å². The molecule has 0 aliphatic carbocycles. The molecule has 1 amide bonds. The highest BCUT2D eigenvalue weighted by Crippen LogP contribution is 2.23. The average molecular weight is 272 g/mol. The smallest absolute Gasteiger partial charge is 0.250 e. The van der Waals surface area contributed by atoms with Crippen LogP contribution in [0.25, 0.3) is 10.9 Å². The Morgan fingerprint density at radius 3 is 2.90 bits per heavy atom. The predicted molar refractivity (Wildman–Crippen MR) is 80.7 cm³/mol. The van der Waals surface area contributed by atoms with E-state index in [-0.39, 0.29) is 0 Å². The van der Waals surface area contributed by atoms with Crippen LogP contribution in [0.4, 0.5) is 5.82 Å². The van der Waals surface area contributed by atoms with Gasteiger partial charge in [-0.15, -0.1) is 0 Å². The minimum atomic E-state index is -0.473. The lowest BCUT2D eigenvalue weighted by Gasteiger charge is -2.15. The maximum absolute atomic E-state index is 11.4. The first-order valence-corrected chi connectivity index (χ1v) is 6.93. The first-order valence-electron chi connectivity index (χ1n) is 6.93. The molecule has 0 aliphatic heterocycles. The summed E-state index contributed by atoms with van der Waals surface area (Å²) < 4.78 is 0. The zero-order chi connectivity index (χ0) is 14.5. The van der Waals surface area contributed by atoms with Crippen molar-refractivity contribution in [3.63, 3.8) is 0 Å². The highest BCUT2D eigenvalue weighted by atomic mass is 16.1. The van der Waals surface area contributed by atoms with Crippen molar-refractivity contribution in [2.24, 2.45) is 5.73 Å². The van der Waals surface area contributed by atoms with Gasteiger partial charge in [0.1, 0.15) is 12.1 Å². The number of fused-ring (bicyclic) bond motifs is 1. The normalized spacial score (nSPS) is 12.3. The molecule has 0 unspecified atom stereocenters. The molecular weight excluding hydrogens is 252 g/mol. The van der Waals surface area contributed by atoms with E-state index in [9.17, 15) is 4.79 Å². The number of rotatable bonds is 6. The Morgan fingerprint density at radius 2 is 2.20 bits per heavy atom. The topological polar surface area (TPSA) is 80.9 Å². The summed E-state index contributed by atoms with van der Waals surface area (Å²) in [5, 5.41) is 4.21. The predicted octanol–water partition coefficient (Wildman–Crippen LogP) is 2.72. The second-order valence-corrected chi connectivity index (χ2v) is 4.98. The molecule has 5 heteroatoms. The van der Waals surface area contributed by atoms with Gasteiger partial charge in [-0.1, -0.05) is 25.8 Å². The molecule has 0 fully saturated rings. The molecule has 0 bridgehead atoms. The SMILES string of the molecule is CCCC[C@H](C)Nc1ncnc2c(C(N)=O)cccc12. The standard InChI is InChI=1S/C15H20N4O/c1-3-4-6-10(2)19-15-12-8-5-7-11(14(16)20)13(12)17-9-18-15/h5,7-10H,3-4,6H2,1-2H3,(H2,16,20)(H,17,18,19)/t10-/m0/s1. The Labute approximate surface area is 118 Å². The molecule has 3 N–H and O–H groups in total. The number of hydrogen-bond donors (Lipinski definition) is 2. The summed E-state index contributed by atoms with van der Waals surface area (Å²) in [5.74, 6) is 0.279. The molecule has 0 saturated carbocycles. The van der Waals surface area contributed by atoms with E-state index in [0.29, 0.717) is 17.1 Å². The summed E-state index contributed by atoms with van der Waals surface area (Å²) in [7, 11) is 0. The second-order valence-electron chi connectivity index (χ2n) is 4.98. The summed E-state index contributed by atoms with van der Waals surface area (Å²) in [6.45, 7) is 4.30. The van der Waals surface area contributed by atoms with Crippen LogP contribution in [-0.4, -0.2) is 21.9 Å². The first kappa shape index (κ1) is 14.2. The fourth-order valence-corrected chi connectivity index (χ4v) is 2.22. The molecule has 1 atom stereocenters. The van der Waals surface area contributed by atoms with Gasteiger partial charge >= 0.3 is 0 Å². The lowest BCUT2D eigenvalue weighted by atomic mass is 10.1. The zero-order valence-corrected chi connectivity index (χ0v) is 11.9. The molecule has 1 aromatic heterocycles. The van der Waals surface area contributed by atoms with Crippen LogP contribution in [0.1, 0.15) is 43.5 Å². The molecular formula is C15H20N4O. The Hall–Kier alpha value is -2.17. The number of amides is 1. The number of para-hydroxylation sites is 1. The summed E-state index contributed by atoms with van der Waals surface area (Å²) in [6.07, 6.45) is 4.88. The molecule has 5 nitrogen and oxygen atoms in total. The fourth-order valence-electron chi connectivity index (χ4n) is 2.22. The lowest BCUT2D eigenvalue weighted by molar-refractivity contribution is 0.100. The summed E-state index contributed by atoms with van der Waals surface area (Å²) in [6, 6.07) is 5.71. The molecule has 1 aromatic carbocycles. The molecule has 106 valence electrons. The van der Waals surface area contributed by atoms with Gasteiger partial charge in [0.05, 0.1) is 11.1 Å². The van der Waals surface area contributed by atoms with Gasteiger partial charge in [-0.3, -0.25) is 4.79 Å². The summed E-state index contributed by atoms with van der Waals surface area (Å²) >= 11 is 0. The molecule has 2 aromatic rings. The van der Waals surface area contributed by atoms with Gasteiger partial charge in [0.2, 0.25) is 0 Å². The maximum Gasteiger partial charge on any atom is 0.250 e. The van der Waals surface area contributed by atoms with Gasteiger partial charge in [-0.05, 0) is 25.5 Å².